The van der Waals surface area contributed by atoms with Crippen LogP contribution in [0.1, 0.15) is 44.0 Å². The highest BCUT2D eigenvalue weighted by Gasteiger charge is 2.23. The molecule has 0 aliphatic carbocycles. The molecule has 5 aromatic rings. The van der Waals surface area contributed by atoms with Gasteiger partial charge in [-0.25, -0.2) is 4.39 Å². The molecule has 0 spiro atoms. The van der Waals surface area contributed by atoms with Gasteiger partial charge in [-0.3, -0.25) is 19.2 Å². The Kier molecular flexibility index (Phi) is 10.7. The molecule has 3 amide bonds. The van der Waals surface area contributed by atoms with Crippen LogP contribution in [0.4, 0.5) is 15.8 Å². The van der Waals surface area contributed by atoms with Gasteiger partial charge in [0.25, 0.3) is 11.8 Å². The molecule has 0 aliphatic rings. The van der Waals surface area contributed by atoms with Gasteiger partial charge in [0.2, 0.25) is 5.91 Å². The second-order valence-electron chi connectivity index (χ2n) is 10.4. The van der Waals surface area contributed by atoms with E-state index >= 15 is 0 Å². The third-order valence-electron chi connectivity index (χ3n) is 7.00. The summed E-state index contributed by atoms with van der Waals surface area (Å²) in [6.07, 6.45) is 1.28. The maximum atomic E-state index is 14.5. The van der Waals surface area contributed by atoms with Crippen molar-refractivity contribution >= 4 is 52.7 Å². The molecule has 0 radical (unpaired) electrons. The Morgan fingerprint density at radius 2 is 1.23 bits per heavy atom. The van der Waals surface area contributed by atoms with Crippen LogP contribution in [0, 0.1) is 5.82 Å². The maximum Gasteiger partial charge on any atom is 0.272 e. The standard InChI is InChI=1S/C38H30FN3O4S/c1-25(43)26-16-18-30(19-17-26)41-38(46)35(27-10-4-2-5-11-27)47-32-22-20-31(21-23-32)40-37(45)34(24-29-14-8-9-15-33(29)39)42-36(44)28-12-6-3-7-13-28/h2-24,35H,1H3,(H,40,45)(H,41,46)(H,42,44)/b34-24-. The zero-order valence-electron chi connectivity index (χ0n) is 25.3. The first-order chi connectivity index (χ1) is 22.8. The van der Waals surface area contributed by atoms with Gasteiger partial charge in [0.05, 0.1) is 0 Å². The molecule has 9 heteroatoms. The lowest BCUT2D eigenvalue weighted by atomic mass is 10.1. The van der Waals surface area contributed by atoms with Gasteiger partial charge < -0.3 is 16.0 Å². The van der Waals surface area contributed by atoms with Crippen molar-refractivity contribution in [3.05, 3.63) is 167 Å². The summed E-state index contributed by atoms with van der Waals surface area (Å²) < 4.78 is 14.5. The molecule has 0 fully saturated rings. The average molecular weight is 644 g/mol. The van der Waals surface area contributed by atoms with Gasteiger partial charge in [0, 0.05) is 33.0 Å². The summed E-state index contributed by atoms with van der Waals surface area (Å²) in [5, 5.41) is 7.69. The number of hydrogen-bond donors (Lipinski definition) is 3. The average Bonchev–Trinajstić information content (AvgIpc) is 3.09. The molecule has 5 rings (SSSR count). The quantitative estimate of drug-likeness (QED) is 0.0771. The predicted octanol–water partition coefficient (Wildman–Crippen LogP) is 7.91. The molecule has 0 heterocycles. The van der Waals surface area contributed by atoms with Gasteiger partial charge in [-0.2, -0.15) is 0 Å². The fourth-order valence-corrected chi connectivity index (χ4v) is 5.56. The van der Waals surface area contributed by atoms with E-state index in [-0.39, 0.29) is 23.0 Å². The first kappa shape index (κ1) is 32.6. The first-order valence-corrected chi connectivity index (χ1v) is 15.5. The molecule has 7 nitrogen and oxygen atoms in total. The number of anilines is 2. The number of benzene rings is 5. The number of carbonyl (C=O) groups is 4. The van der Waals surface area contributed by atoms with Gasteiger partial charge in [0.1, 0.15) is 16.8 Å². The number of halogens is 1. The number of rotatable bonds is 11. The minimum absolute atomic E-state index is 0.0606. The Hall–Kier alpha value is -5.80. The Morgan fingerprint density at radius 3 is 1.87 bits per heavy atom. The Labute approximate surface area is 275 Å². The van der Waals surface area contributed by atoms with E-state index in [0.717, 1.165) is 10.5 Å². The van der Waals surface area contributed by atoms with Crippen LogP contribution in [0.15, 0.2) is 144 Å². The minimum Gasteiger partial charge on any atom is -0.325 e. The van der Waals surface area contributed by atoms with Crippen molar-refractivity contribution in [3.8, 4) is 0 Å². The van der Waals surface area contributed by atoms with Gasteiger partial charge >= 0.3 is 0 Å². The summed E-state index contributed by atoms with van der Waals surface area (Å²) in [5.74, 6) is -2.01. The molecule has 0 saturated heterocycles. The van der Waals surface area contributed by atoms with Crippen molar-refractivity contribution in [2.75, 3.05) is 10.6 Å². The molecule has 47 heavy (non-hydrogen) atoms. The normalized spacial score (nSPS) is 11.7. The van der Waals surface area contributed by atoms with Crippen LogP contribution in [0.25, 0.3) is 6.08 Å². The smallest absolute Gasteiger partial charge is 0.272 e. The van der Waals surface area contributed by atoms with Gasteiger partial charge in [0.15, 0.2) is 5.78 Å². The van der Waals surface area contributed by atoms with Crippen LogP contribution in [0.2, 0.25) is 0 Å². The van der Waals surface area contributed by atoms with E-state index in [0.29, 0.717) is 22.5 Å². The molecule has 3 N–H and O–H groups in total. The highest BCUT2D eigenvalue weighted by Crippen LogP contribution is 2.37. The molecular weight excluding hydrogens is 614 g/mol. The first-order valence-electron chi connectivity index (χ1n) is 14.6. The monoisotopic (exact) mass is 643 g/mol. The number of Topliss-reactive ketones (excluding diaryl/α,β-unsaturated/α-hetero) is 1. The highest BCUT2D eigenvalue weighted by atomic mass is 32.2. The zero-order chi connectivity index (χ0) is 33.2. The van der Waals surface area contributed by atoms with Crippen LogP contribution in [-0.2, 0) is 9.59 Å². The number of ketones is 1. The van der Waals surface area contributed by atoms with Crippen molar-refractivity contribution in [2.24, 2.45) is 0 Å². The van der Waals surface area contributed by atoms with E-state index in [1.54, 1.807) is 84.9 Å². The third-order valence-corrected chi connectivity index (χ3v) is 8.27. The molecule has 1 unspecified atom stereocenters. The number of hydrogen-bond acceptors (Lipinski definition) is 5. The summed E-state index contributed by atoms with van der Waals surface area (Å²) in [6.45, 7) is 1.48. The number of thioether (sulfide) groups is 1. The SMILES string of the molecule is CC(=O)c1ccc(NC(=O)C(Sc2ccc(NC(=O)/C(=C/c3ccccc3F)NC(=O)c3ccccc3)cc2)c2ccccc2)cc1. The highest BCUT2D eigenvalue weighted by molar-refractivity contribution is 8.00. The van der Waals surface area contributed by atoms with Gasteiger partial charge in [-0.1, -0.05) is 66.7 Å². The second-order valence-corrected chi connectivity index (χ2v) is 11.6. The lowest BCUT2D eigenvalue weighted by Crippen LogP contribution is -2.30. The van der Waals surface area contributed by atoms with Gasteiger partial charge in [-0.15, -0.1) is 11.8 Å². The Bertz CT molecular complexity index is 1910. The molecular formula is C38H30FN3O4S. The van der Waals surface area contributed by atoms with E-state index in [1.165, 1.54) is 43.0 Å². The predicted molar refractivity (Wildman–Crippen MR) is 183 cm³/mol. The fourth-order valence-electron chi connectivity index (χ4n) is 4.54. The molecule has 0 aliphatic heterocycles. The summed E-state index contributed by atoms with van der Waals surface area (Å²) in [6, 6.07) is 37.3. The van der Waals surface area contributed by atoms with E-state index < -0.39 is 22.9 Å². The molecule has 5 aromatic carbocycles. The number of carbonyl (C=O) groups excluding carboxylic acids is 4. The van der Waals surface area contributed by atoms with Crippen LogP contribution >= 0.6 is 11.8 Å². The lowest BCUT2D eigenvalue weighted by Gasteiger charge is -2.18. The van der Waals surface area contributed by atoms with E-state index in [9.17, 15) is 23.6 Å². The lowest BCUT2D eigenvalue weighted by molar-refractivity contribution is -0.116. The van der Waals surface area contributed by atoms with Crippen molar-refractivity contribution in [2.45, 2.75) is 17.1 Å². The number of nitrogens with one attached hydrogen (secondary N) is 3. The summed E-state index contributed by atoms with van der Waals surface area (Å²) in [7, 11) is 0. The molecule has 1 atom stereocenters. The van der Waals surface area contributed by atoms with E-state index in [1.807, 2.05) is 30.3 Å². The number of amides is 3. The Balaban J connectivity index is 1.32. The van der Waals surface area contributed by atoms with Crippen LogP contribution < -0.4 is 16.0 Å². The van der Waals surface area contributed by atoms with Crippen LogP contribution in [-0.4, -0.2) is 23.5 Å². The largest absolute Gasteiger partial charge is 0.325 e. The molecule has 234 valence electrons. The summed E-state index contributed by atoms with van der Waals surface area (Å²) in [4.78, 5) is 52.1. The molecule has 0 saturated carbocycles. The van der Waals surface area contributed by atoms with E-state index in [2.05, 4.69) is 16.0 Å². The topological polar surface area (TPSA) is 104 Å². The Morgan fingerprint density at radius 1 is 0.660 bits per heavy atom. The van der Waals surface area contributed by atoms with Crippen molar-refractivity contribution in [1.29, 1.82) is 0 Å². The maximum absolute atomic E-state index is 14.5. The fraction of sp³-hybridized carbons (Fsp3) is 0.0526. The molecule has 0 aromatic heterocycles. The third kappa shape index (κ3) is 8.90. The van der Waals surface area contributed by atoms with Crippen LogP contribution in [0.3, 0.4) is 0 Å². The van der Waals surface area contributed by atoms with E-state index in [4.69, 9.17) is 0 Å². The zero-order valence-corrected chi connectivity index (χ0v) is 26.1. The van der Waals surface area contributed by atoms with Gasteiger partial charge in [-0.05, 0) is 85.3 Å². The van der Waals surface area contributed by atoms with Crippen molar-refractivity contribution < 1.29 is 23.6 Å². The minimum atomic E-state index is -0.643. The van der Waals surface area contributed by atoms with Crippen LogP contribution in [0.5, 0.6) is 0 Å². The van der Waals surface area contributed by atoms with Crippen molar-refractivity contribution in [3.63, 3.8) is 0 Å². The summed E-state index contributed by atoms with van der Waals surface area (Å²) in [5.41, 5.74) is 2.68. The molecule has 0 bridgehead atoms. The summed E-state index contributed by atoms with van der Waals surface area (Å²) >= 11 is 1.33. The van der Waals surface area contributed by atoms with Crippen molar-refractivity contribution in [1.82, 2.24) is 5.32 Å². The second kappa shape index (κ2) is 15.5.